The van der Waals surface area contributed by atoms with Crippen LogP contribution in [0.3, 0.4) is 0 Å². The van der Waals surface area contributed by atoms with Gasteiger partial charge < -0.3 is 9.47 Å². The molecule has 2 aliphatic rings. The molecule has 0 N–H and O–H groups in total. The first-order valence-electron chi connectivity index (χ1n) is 10.6. The first-order chi connectivity index (χ1) is 13.8. The van der Waals surface area contributed by atoms with E-state index in [1.807, 2.05) is 24.7 Å². The summed E-state index contributed by atoms with van der Waals surface area (Å²) in [7, 11) is 0. The molecule has 2 fully saturated rings. The standard InChI is InChI=1S/C23H31FN4O/c1-16-12-26(13-17(2)28(16)22(29)23(4)9-10-23)14-21-11-25-15-27(21)18(3)19-5-7-20(24)8-6-19/h5-8,11,15-18H,9-10,12-14H2,1-4H3/t16?,17?,18-/m1/s1. The topological polar surface area (TPSA) is 41.4 Å². The number of halogens is 1. The first-order valence-corrected chi connectivity index (χ1v) is 10.6. The molecule has 6 heteroatoms. The van der Waals surface area contributed by atoms with Crippen molar-refractivity contribution in [2.45, 2.75) is 65.2 Å². The predicted octanol–water partition coefficient (Wildman–Crippen LogP) is 3.85. The first kappa shape index (κ1) is 20.1. The molecule has 1 saturated heterocycles. The second-order valence-electron chi connectivity index (χ2n) is 9.18. The van der Waals surface area contributed by atoms with Crippen LogP contribution in [0.1, 0.15) is 57.8 Å². The molecule has 29 heavy (non-hydrogen) atoms. The van der Waals surface area contributed by atoms with Crippen LogP contribution in [0.25, 0.3) is 0 Å². The Morgan fingerprint density at radius 2 is 1.83 bits per heavy atom. The number of piperazine rings is 1. The van der Waals surface area contributed by atoms with Crippen LogP contribution < -0.4 is 0 Å². The van der Waals surface area contributed by atoms with Gasteiger partial charge in [-0.25, -0.2) is 9.37 Å². The highest BCUT2D eigenvalue weighted by atomic mass is 19.1. The Bertz CT molecular complexity index is 861. The summed E-state index contributed by atoms with van der Waals surface area (Å²) in [6, 6.07) is 7.16. The van der Waals surface area contributed by atoms with Crippen molar-refractivity contribution in [2.24, 2.45) is 5.41 Å². The monoisotopic (exact) mass is 398 g/mol. The fourth-order valence-corrected chi connectivity index (χ4v) is 4.61. The zero-order chi connectivity index (χ0) is 20.8. The van der Waals surface area contributed by atoms with Crippen LogP contribution in [0.15, 0.2) is 36.8 Å². The number of aromatic nitrogens is 2. The summed E-state index contributed by atoms with van der Waals surface area (Å²) in [5.41, 5.74) is 2.07. The maximum atomic E-state index is 13.3. The van der Waals surface area contributed by atoms with Gasteiger partial charge in [-0.15, -0.1) is 0 Å². The van der Waals surface area contributed by atoms with Crippen LogP contribution in [0.4, 0.5) is 4.39 Å². The Kier molecular flexibility index (Phi) is 5.23. The summed E-state index contributed by atoms with van der Waals surface area (Å²) in [6.07, 6.45) is 5.81. The average molecular weight is 399 g/mol. The van der Waals surface area contributed by atoms with E-state index in [-0.39, 0.29) is 29.4 Å². The van der Waals surface area contributed by atoms with Crippen molar-refractivity contribution < 1.29 is 9.18 Å². The lowest BCUT2D eigenvalue weighted by Gasteiger charge is -2.45. The molecule has 156 valence electrons. The van der Waals surface area contributed by atoms with Crippen molar-refractivity contribution in [3.05, 3.63) is 53.9 Å². The minimum atomic E-state index is -0.220. The molecule has 0 bridgehead atoms. The van der Waals surface area contributed by atoms with Crippen molar-refractivity contribution in [2.75, 3.05) is 13.1 Å². The van der Waals surface area contributed by atoms with Crippen molar-refractivity contribution in [1.82, 2.24) is 19.4 Å². The van der Waals surface area contributed by atoms with Gasteiger partial charge in [-0.3, -0.25) is 9.69 Å². The summed E-state index contributed by atoms with van der Waals surface area (Å²) in [6.45, 7) is 11.0. The molecule has 0 spiro atoms. The molecule has 1 aliphatic carbocycles. The van der Waals surface area contributed by atoms with Crippen LogP contribution >= 0.6 is 0 Å². The van der Waals surface area contributed by atoms with E-state index < -0.39 is 0 Å². The lowest BCUT2D eigenvalue weighted by Crippen LogP contribution is -2.59. The Morgan fingerprint density at radius 1 is 1.21 bits per heavy atom. The summed E-state index contributed by atoms with van der Waals surface area (Å²) in [5, 5.41) is 0. The summed E-state index contributed by atoms with van der Waals surface area (Å²) in [4.78, 5) is 21.8. The van der Waals surface area contributed by atoms with Gasteiger partial charge in [0.1, 0.15) is 5.82 Å². The molecule has 2 aromatic rings. The van der Waals surface area contributed by atoms with Crippen LogP contribution in [-0.2, 0) is 11.3 Å². The van der Waals surface area contributed by atoms with Gasteiger partial charge >= 0.3 is 0 Å². The van der Waals surface area contributed by atoms with Gasteiger partial charge in [-0.1, -0.05) is 19.1 Å². The van der Waals surface area contributed by atoms with E-state index in [1.54, 1.807) is 0 Å². The van der Waals surface area contributed by atoms with Crippen molar-refractivity contribution in [3.63, 3.8) is 0 Å². The third kappa shape index (κ3) is 3.95. The molecule has 1 aromatic carbocycles. The van der Waals surface area contributed by atoms with Crippen LogP contribution in [0.5, 0.6) is 0 Å². The fourth-order valence-electron chi connectivity index (χ4n) is 4.61. The van der Waals surface area contributed by atoms with Crippen LogP contribution in [0.2, 0.25) is 0 Å². The van der Waals surface area contributed by atoms with Gasteiger partial charge in [0.15, 0.2) is 0 Å². The molecule has 1 saturated carbocycles. The quantitative estimate of drug-likeness (QED) is 0.768. The van der Waals surface area contributed by atoms with Crippen LogP contribution in [-0.4, -0.2) is 50.4 Å². The van der Waals surface area contributed by atoms with E-state index >= 15 is 0 Å². The number of amides is 1. The molecule has 4 rings (SSSR count). The largest absolute Gasteiger partial charge is 0.334 e. The molecule has 1 aliphatic heterocycles. The van der Waals surface area contributed by atoms with Gasteiger partial charge in [-0.05, 0) is 51.3 Å². The number of hydrogen-bond acceptors (Lipinski definition) is 3. The smallest absolute Gasteiger partial charge is 0.229 e. The van der Waals surface area contributed by atoms with Gasteiger partial charge in [0.25, 0.3) is 0 Å². The predicted molar refractivity (Wildman–Crippen MR) is 111 cm³/mol. The number of rotatable bonds is 5. The number of nitrogens with zero attached hydrogens (tertiary/aromatic N) is 4. The average Bonchev–Trinajstić information content (AvgIpc) is 3.26. The second-order valence-corrected chi connectivity index (χ2v) is 9.18. The molecule has 2 unspecified atom stereocenters. The lowest BCUT2D eigenvalue weighted by atomic mass is 10.0. The van der Waals surface area contributed by atoms with Gasteiger partial charge in [-0.2, -0.15) is 0 Å². The SMILES string of the molecule is CC1CN(Cc2cncn2[C@H](C)c2ccc(F)cc2)CC(C)N1C(=O)C1(C)CC1. The normalized spacial score (nSPS) is 25.1. The second kappa shape index (κ2) is 7.56. The van der Waals surface area contributed by atoms with Crippen LogP contribution in [0, 0.1) is 11.2 Å². The Labute approximate surface area is 172 Å². The van der Waals surface area contributed by atoms with E-state index in [4.69, 9.17) is 0 Å². The molecule has 2 heterocycles. The molecular formula is C23H31FN4O. The highest BCUT2D eigenvalue weighted by Gasteiger charge is 2.49. The summed E-state index contributed by atoms with van der Waals surface area (Å²) in [5.74, 6) is 0.106. The Morgan fingerprint density at radius 3 is 2.41 bits per heavy atom. The van der Waals surface area contributed by atoms with Crippen molar-refractivity contribution in [1.29, 1.82) is 0 Å². The molecule has 5 nitrogen and oxygen atoms in total. The van der Waals surface area contributed by atoms with E-state index in [0.29, 0.717) is 5.91 Å². The fraction of sp³-hybridized carbons (Fsp3) is 0.565. The van der Waals surface area contributed by atoms with E-state index in [2.05, 4.69) is 47.0 Å². The van der Waals surface area contributed by atoms with E-state index in [0.717, 1.165) is 43.7 Å². The number of carbonyl (C=O) groups excluding carboxylic acids is 1. The zero-order valence-electron chi connectivity index (χ0n) is 17.8. The molecule has 1 aromatic heterocycles. The number of imidazole rings is 1. The Balaban J connectivity index is 1.45. The minimum absolute atomic E-state index is 0.0839. The van der Waals surface area contributed by atoms with Gasteiger partial charge in [0, 0.05) is 43.3 Å². The third-order valence-electron chi connectivity index (χ3n) is 6.65. The highest BCUT2D eigenvalue weighted by molar-refractivity contribution is 5.85. The molecule has 1 amide bonds. The van der Waals surface area contributed by atoms with Gasteiger partial charge in [0.2, 0.25) is 5.91 Å². The third-order valence-corrected chi connectivity index (χ3v) is 6.65. The summed E-state index contributed by atoms with van der Waals surface area (Å²) >= 11 is 0. The molecule has 3 atom stereocenters. The van der Waals surface area contributed by atoms with E-state index in [1.165, 1.54) is 12.1 Å². The number of carbonyl (C=O) groups is 1. The maximum absolute atomic E-state index is 13.3. The van der Waals surface area contributed by atoms with Crippen molar-refractivity contribution >= 4 is 5.91 Å². The molecular weight excluding hydrogens is 367 g/mol. The lowest BCUT2D eigenvalue weighted by molar-refractivity contribution is -0.144. The Hall–Kier alpha value is -2.21. The number of hydrogen-bond donors (Lipinski definition) is 0. The maximum Gasteiger partial charge on any atom is 0.229 e. The van der Waals surface area contributed by atoms with E-state index in [9.17, 15) is 9.18 Å². The molecule has 0 radical (unpaired) electrons. The number of benzene rings is 1. The zero-order valence-corrected chi connectivity index (χ0v) is 17.8. The highest BCUT2D eigenvalue weighted by Crippen LogP contribution is 2.47. The van der Waals surface area contributed by atoms with Gasteiger partial charge in [0.05, 0.1) is 18.1 Å². The van der Waals surface area contributed by atoms with Crippen molar-refractivity contribution in [3.8, 4) is 0 Å². The minimum Gasteiger partial charge on any atom is -0.334 e. The summed E-state index contributed by atoms with van der Waals surface area (Å²) < 4.78 is 15.4.